The Hall–Kier alpha value is -2.32. The Bertz CT molecular complexity index is 1010. The molecule has 0 spiro atoms. The molecule has 0 aliphatic heterocycles. The van der Waals surface area contributed by atoms with Crippen LogP contribution < -0.4 is 4.74 Å². The van der Waals surface area contributed by atoms with Gasteiger partial charge in [0, 0.05) is 38.0 Å². The number of carbonyl (C=O) groups excluding carboxylic acids is 1. The van der Waals surface area contributed by atoms with Crippen LogP contribution in [0.3, 0.4) is 0 Å². The lowest BCUT2D eigenvalue weighted by Gasteiger charge is -2.65. The normalized spacial score (nSPS) is 23.9. The van der Waals surface area contributed by atoms with Gasteiger partial charge >= 0.3 is 0 Å². The van der Waals surface area contributed by atoms with Crippen molar-refractivity contribution in [3.8, 4) is 5.75 Å². The van der Waals surface area contributed by atoms with Crippen LogP contribution in [0.25, 0.3) is 4.85 Å². The zero-order valence-corrected chi connectivity index (χ0v) is 17.9. The van der Waals surface area contributed by atoms with Crippen molar-refractivity contribution >= 4 is 27.5 Å². The molecule has 0 atom stereocenters. The van der Waals surface area contributed by atoms with Gasteiger partial charge in [-0.25, -0.2) is 4.85 Å². The predicted molar refractivity (Wildman–Crippen MR) is 115 cm³/mol. The fraction of sp³-hybridized carbons (Fsp3) is 0.391. The van der Waals surface area contributed by atoms with Gasteiger partial charge in [0.1, 0.15) is 11.9 Å². The maximum Gasteiger partial charge on any atom is 0.253 e. The van der Waals surface area contributed by atoms with Crippen molar-refractivity contribution in [3.05, 3.63) is 70.0 Å². The molecule has 1 saturated carbocycles. The van der Waals surface area contributed by atoms with Gasteiger partial charge in [0.25, 0.3) is 5.91 Å². The summed E-state index contributed by atoms with van der Waals surface area (Å²) in [5.74, 6) is 0.0630. The van der Waals surface area contributed by atoms with Gasteiger partial charge < -0.3 is 9.64 Å². The van der Waals surface area contributed by atoms with E-state index in [1.165, 1.54) is 0 Å². The topological polar surface area (TPSA) is 33.9 Å². The van der Waals surface area contributed by atoms with Crippen LogP contribution in [0.15, 0.2) is 53.0 Å². The molecule has 0 bridgehead atoms. The van der Waals surface area contributed by atoms with E-state index < -0.39 is 29.8 Å². The average Bonchev–Trinajstić information content (AvgIpc) is 2.69. The largest absolute Gasteiger partial charge is 0.489 e. The number of halogens is 1. The van der Waals surface area contributed by atoms with Gasteiger partial charge in [-0.05, 0) is 24.3 Å². The molecule has 0 unspecified atom stereocenters. The van der Waals surface area contributed by atoms with Crippen LogP contribution in [0, 0.1) is 17.4 Å². The second-order valence-corrected chi connectivity index (χ2v) is 9.16. The van der Waals surface area contributed by atoms with E-state index in [2.05, 4.69) is 20.8 Å². The summed E-state index contributed by atoms with van der Waals surface area (Å²) in [6, 6.07) is 13.1. The first-order chi connectivity index (χ1) is 14.3. The molecule has 2 aromatic carbocycles. The standard InChI is InChI=1S/C23H25BrN2O2/c1-22(2)20(26(6)19(27)15-10-8-7-9-11-15)23(3,4)21(22)28-16-12-13-18(25-5)17(24)14-16/h7-14,20-21H,1-4,6H3/i6D3. The van der Waals surface area contributed by atoms with Gasteiger partial charge in [-0.1, -0.05) is 67.9 Å². The van der Waals surface area contributed by atoms with Crippen molar-refractivity contribution in [1.82, 2.24) is 4.90 Å². The maximum atomic E-state index is 13.3. The minimum Gasteiger partial charge on any atom is -0.489 e. The molecule has 146 valence electrons. The van der Waals surface area contributed by atoms with Gasteiger partial charge in [-0.2, -0.15) is 0 Å². The van der Waals surface area contributed by atoms with E-state index in [9.17, 15) is 4.79 Å². The van der Waals surface area contributed by atoms with E-state index in [0.29, 0.717) is 21.5 Å². The number of amides is 1. The molecule has 28 heavy (non-hydrogen) atoms. The van der Waals surface area contributed by atoms with Crippen LogP contribution in [0.5, 0.6) is 5.75 Å². The first-order valence-electron chi connectivity index (χ1n) is 10.5. The van der Waals surface area contributed by atoms with Gasteiger partial charge in [0.2, 0.25) is 5.69 Å². The van der Waals surface area contributed by atoms with E-state index in [4.69, 9.17) is 15.4 Å². The number of carbonyl (C=O) groups is 1. The highest BCUT2D eigenvalue weighted by atomic mass is 79.9. The van der Waals surface area contributed by atoms with E-state index in [1.807, 2.05) is 27.7 Å². The maximum absolute atomic E-state index is 13.3. The molecule has 0 N–H and O–H groups in total. The van der Waals surface area contributed by atoms with Gasteiger partial charge in [-0.3, -0.25) is 4.79 Å². The summed E-state index contributed by atoms with van der Waals surface area (Å²) in [6.45, 7) is 12.3. The molecule has 4 nitrogen and oxygen atoms in total. The minimum absolute atomic E-state index is 0.341. The minimum atomic E-state index is -2.60. The Labute approximate surface area is 179 Å². The molecule has 0 aromatic heterocycles. The van der Waals surface area contributed by atoms with E-state index in [0.717, 1.165) is 4.90 Å². The number of benzene rings is 2. The molecule has 2 aromatic rings. The van der Waals surface area contributed by atoms with Crippen LogP contribution >= 0.6 is 15.9 Å². The van der Waals surface area contributed by atoms with Crippen LogP contribution in [0.2, 0.25) is 0 Å². The number of hydrogen-bond acceptors (Lipinski definition) is 2. The third-order valence-electron chi connectivity index (χ3n) is 5.55. The SMILES string of the molecule is [2H]C([2H])([2H])N(C(=O)c1ccccc1)C1C(C)(C)C(Oc2ccc([N+]#[C-])c(Br)c2)C1(C)C. The second-order valence-electron chi connectivity index (χ2n) is 8.31. The molecule has 1 aliphatic carbocycles. The third-order valence-corrected chi connectivity index (χ3v) is 6.19. The zero-order chi connectivity index (χ0) is 23.2. The van der Waals surface area contributed by atoms with E-state index >= 15 is 0 Å². The summed E-state index contributed by atoms with van der Waals surface area (Å²) in [7, 11) is 0. The van der Waals surface area contributed by atoms with Crippen molar-refractivity contribution < 1.29 is 13.6 Å². The highest BCUT2D eigenvalue weighted by Gasteiger charge is 2.65. The van der Waals surface area contributed by atoms with Crippen LogP contribution in [0.1, 0.15) is 42.2 Å². The number of hydrogen-bond donors (Lipinski definition) is 0. The molecule has 0 heterocycles. The highest BCUT2D eigenvalue weighted by molar-refractivity contribution is 9.10. The van der Waals surface area contributed by atoms with Crippen molar-refractivity contribution in [1.29, 1.82) is 0 Å². The summed E-state index contributed by atoms with van der Waals surface area (Å²) in [6.07, 6.45) is -0.343. The molecular formula is C23H25BrN2O2. The number of ether oxygens (including phenoxy) is 1. The Morgan fingerprint density at radius 2 is 1.82 bits per heavy atom. The molecule has 1 fully saturated rings. The molecule has 0 saturated heterocycles. The van der Waals surface area contributed by atoms with Crippen LogP contribution in [-0.2, 0) is 0 Å². The number of nitrogens with zero attached hydrogens (tertiary/aromatic N) is 2. The number of rotatable bonds is 4. The summed E-state index contributed by atoms with van der Waals surface area (Å²) < 4.78 is 31.3. The zero-order valence-electron chi connectivity index (χ0n) is 19.4. The summed E-state index contributed by atoms with van der Waals surface area (Å²) >= 11 is 3.38. The third kappa shape index (κ3) is 3.31. The first-order valence-corrected chi connectivity index (χ1v) is 9.83. The lowest BCUT2D eigenvalue weighted by Crippen LogP contribution is -2.74. The molecule has 1 amide bonds. The Balaban J connectivity index is 1.95. The lowest BCUT2D eigenvalue weighted by atomic mass is 9.49. The van der Waals surface area contributed by atoms with Crippen molar-refractivity contribution in [2.24, 2.45) is 10.8 Å². The summed E-state index contributed by atoms with van der Waals surface area (Å²) in [5.41, 5.74) is -0.437. The Morgan fingerprint density at radius 3 is 2.36 bits per heavy atom. The first kappa shape index (κ1) is 16.6. The Morgan fingerprint density at radius 1 is 1.18 bits per heavy atom. The van der Waals surface area contributed by atoms with Gasteiger partial charge in [-0.15, -0.1) is 0 Å². The van der Waals surface area contributed by atoms with E-state index in [-0.39, 0.29) is 6.10 Å². The smallest absolute Gasteiger partial charge is 0.253 e. The van der Waals surface area contributed by atoms with Gasteiger partial charge in [0.15, 0.2) is 0 Å². The average molecular weight is 444 g/mol. The van der Waals surface area contributed by atoms with Crippen LogP contribution in [0.4, 0.5) is 5.69 Å². The van der Waals surface area contributed by atoms with Crippen molar-refractivity contribution in [3.63, 3.8) is 0 Å². The van der Waals surface area contributed by atoms with E-state index in [1.54, 1.807) is 48.5 Å². The monoisotopic (exact) mass is 443 g/mol. The lowest BCUT2D eigenvalue weighted by molar-refractivity contribution is -0.195. The fourth-order valence-corrected chi connectivity index (χ4v) is 5.15. The van der Waals surface area contributed by atoms with Crippen molar-refractivity contribution in [2.75, 3.05) is 6.98 Å². The predicted octanol–water partition coefficient (Wildman–Crippen LogP) is 5.95. The summed E-state index contributed by atoms with van der Waals surface area (Å²) in [5, 5.41) is 0. The quantitative estimate of drug-likeness (QED) is 0.546. The highest BCUT2D eigenvalue weighted by Crippen LogP contribution is 2.57. The fourth-order valence-electron chi connectivity index (χ4n) is 4.70. The molecule has 3 rings (SSSR count). The second kappa shape index (κ2) is 7.25. The summed E-state index contributed by atoms with van der Waals surface area (Å²) in [4.78, 5) is 17.7. The molecular weight excluding hydrogens is 416 g/mol. The molecule has 1 aliphatic rings. The molecule has 0 radical (unpaired) electrons. The van der Waals surface area contributed by atoms with Crippen molar-refractivity contribution in [2.45, 2.75) is 39.8 Å². The van der Waals surface area contributed by atoms with Gasteiger partial charge in [0.05, 0.1) is 6.57 Å². The molecule has 5 heteroatoms. The Kier molecular flexibility index (Phi) is 4.30. The van der Waals surface area contributed by atoms with Crippen LogP contribution in [-0.4, -0.2) is 29.9 Å².